The molecule has 0 rings (SSSR count). The van der Waals surface area contributed by atoms with Gasteiger partial charge in [0, 0.05) is 6.42 Å². The quantitative estimate of drug-likeness (QED) is 0.282. The van der Waals surface area contributed by atoms with E-state index in [1.54, 1.807) is 0 Å². The second-order valence-electron chi connectivity index (χ2n) is 3.12. The second kappa shape index (κ2) is 8.38. The summed E-state index contributed by atoms with van der Waals surface area (Å²) < 4.78 is 77.4. The zero-order valence-corrected chi connectivity index (χ0v) is 12.7. The molecule has 92 valence electrons. The summed E-state index contributed by atoms with van der Waals surface area (Å²) in [7, 11) is -4.96. The smallest absolute Gasteiger partial charge is 0.746 e. The van der Waals surface area contributed by atoms with Gasteiger partial charge in [0.25, 0.3) is 0 Å². The molecule has 9 heteroatoms. The van der Waals surface area contributed by atoms with Crippen molar-refractivity contribution in [3.8, 4) is 0 Å². The third-order valence-corrected chi connectivity index (χ3v) is 2.57. The average Bonchev–Trinajstić information content (AvgIpc) is 1.99. The van der Waals surface area contributed by atoms with E-state index in [0.29, 0.717) is 0 Å². The molecule has 1 unspecified atom stereocenters. The van der Waals surface area contributed by atoms with Crippen LogP contribution < -0.4 is 51.4 Å². The molecule has 0 aliphatic carbocycles. The van der Waals surface area contributed by atoms with E-state index in [9.17, 15) is 30.5 Å². The molecule has 0 saturated heterocycles. The molecule has 3 nitrogen and oxygen atoms in total. The molecule has 0 aliphatic rings. The maximum Gasteiger partial charge on any atom is 1.00 e. The van der Waals surface area contributed by atoms with Crippen molar-refractivity contribution >= 4 is 10.1 Å². The Morgan fingerprint density at radius 1 is 1.12 bits per heavy atom. The molecule has 1 atom stereocenters. The van der Waals surface area contributed by atoms with Gasteiger partial charge < -0.3 is 4.55 Å². The summed E-state index contributed by atoms with van der Waals surface area (Å²) in [6, 6.07) is 0. The fourth-order valence-electron chi connectivity index (χ4n) is 0.951. The number of halogens is 4. The van der Waals surface area contributed by atoms with E-state index >= 15 is 0 Å². The van der Waals surface area contributed by atoms with Crippen molar-refractivity contribution in [2.24, 2.45) is 0 Å². The molecule has 0 fully saturated rings. The Morgan fingerprint density at radius 3 is 2.00 bits per heavy atom. The molecule has 16 heavy (non-hydrogen) atoms. The van der Waals surface area contributed by atoms with Gasteiger partial charge in [-0.1, -0.05) is 6.42 Å². The fraction of sp³-hybridized carbons (Fsp3) is 1.00. The molecule has 0 N–H and O–H groups in total. The predicted octanol–water partition coefficient (Wildman–Crippen LogP) is -0.656. The molecule has 0 heterocycles. The van der Waals surface area contributed by atoms with Crippen LogP contribution in [-0.4, -0.2) is 24.7 Å². The summed E-state index contributed by atoms with van der Waals surface area (Å²) in [6.45, 7) is 0. The van der Waals surface area contributed by atoms with Gasteiger partial charge in [-0.15, -0.1) is 0 Å². The minimum atomic E-state index is -4.96. The van der Waals surface area contributed by atoms with E-state index in [0.717, 1.165) is 0 Å². The van der Waals surface area contributed by atoms with Crippen LogP contribution in [0, 0.1) is 0 Å². The summed E-state index contributed by atoms with van der Waals surface area (Å²) in [4.78, 5) is 0. The minimum absolute atomic E-state index is 0. The largest absolute Gasteiger partial charge is 1.00 e. The molecule has 0 spiro atoms. The van der Waals surface area contributed by atoms with Crippen LogP contribution in [0.15, 0.2) is 0 Å². The summed E-state index contributed by atoms with van der Waals surface area (Å²) in [6.07, 6.45) is -5.94. The maximum absolute atomic E-state index is 12.4. The van der Waals surface area contributed by atoms with E-state index in [1.807, 2.05) is 0 Å². The van der Waals surface area contributed by atoms with Crippen LogP contribution in [0.2, 0.25) is 0 Å². The van der Waals surface area contributed by atoms with Gasteiger partial charge in [0.1, 0.15) is 10.1 Å². The topological polar surface area (TPSA) is 57.2 Å². The third-order valence-electron chi connectivity index (χ3n) is 1.70. The number of hydrogen-bond acceptors (Lipinski definition) is 3. The van der Waals surface area contributed by atoms with E-state index in [-0.39, 0.29) is 70.6 Å². The van der Waals surface area contributed by atoms with Crippen LogP contribution >= 0.6 is 0 Å². The van der Waals surface area contributed by atoms with Crippen LogP contribution in [-0.2, 0) is 10.1 Å². The van der Waals surface area contributed by atoms with Crippen molar-refractivity contribution in [1.82, 2.24) is 0 Å². The molecule has 0 radical (unpaired) electrons. The van der Waals surface area contributed by atoms with Crippen molar-refractivity contribution in [2.45, 2.75) is 43.8 Å². The minimum Gasteiger partial charge on any atom is -0.746 e. The monoisotopic (exact) mass is 290 g/mol. The van der Waals surface area contributed by atoms with Gasteiger partial charge in [-0.25, -0.2) is 12.8 Å². The molecule has 0 amide bonds. The SMILES string of the molecule is O=S(=O)([O-])C(F)CCCCCC(F)(F)F.[K+]. The van der Waals surface area contributed by atoms with Crippen molar-refractivity contribution in [2.75, 3.05) is 0 Å². The Balaban J connectivity index is 0. The zero-order valence-electron chi connectivity index (χ0n) is 8.76. The Hall–Kier alpha value is 1.27. The summed E-state index contributed by atoms with van der Waals surface area (Å²) >= 11 is 0. The summed E-state index contributed by atoms with van der Waals surface area (Å²) in [5.74, 6) is 0. The van der Waals surface area contributed by atoms with Crippen LogP contribution in [0.25, 0.3) is 0 Å². The van der Waals surface area contributed by atoms with Crippen LogP contribution in [0.5, 0.6) is 0 Å². The van der Waals surface area contributed by atoms with Gasteiger partial charge in [-0.2, -0.15) is 13.2 Å². The number of hydrogen-bond donors (Lipinski definition) is 0. The summed E-state index contributed by atoms with van der Waals surface area (Å²) in [5.41, 5.74) is -2.51. The summed E-state index contributed by atoms with van der Waals surface area (Å²) in [5, 5.41) is 0. The molecule has 0 saturated carbocycles. The Kier molecular flexibility index (Phi) is 10.3. The first kappa shape index (κ1) is 19.6. The van der Waals surface area contributed by atoms with Gasteiger partial charge in [-0.3, -0.25) is 0 Å². The van der Waals surface area contributed by atoms with E-state index < -0.39 is 34.6 Å². The van der Waals surface area contributed by atoms with Crippen molar-refractivity contribution < 1.29 is 81.9 Å². The van der Waals surface area contributed by atoms with E-state index in [2.05, 4.69) is 0 Å². The average molecular weight is 290 g/mol. The molecule has 0 aliphatic heterocycles. The molecule has 0 bridgehead atoms. The van der Waals surface area contributed by atoms with Gasteiger partial charge in [0.15, 0.2) is 5.50 Å². The van der Waals surface area contributed by atoms with E-state index in [1.165, 1.54) is 0 Å². The van der Waals surface area contributed by atoms with Crippen LogP contribution in [0.1, 0.15) is 32.1 Å². The Labute approximate surface area is 134 Å². The number of unbranched alkanes of at least 4 members (excludes halogenated alkanes) is 2. The first-order chi connectivity index (χ1) is 6.63. The molecular formula is C7H11F4KO3S. The van der Waals surface area contributed by atoms with Gasteiger partial charge in [-0.05, 0) is 19.3 Å². The van der Waals surface area contributed by atoms with E-state index in [4.69, 9.17) is 0 Å². The first-order valence-corrected chi connectivity index (χ1v) is 5.75. The zero-order chi connectivity index (χ0) is 12.1. The maximum atomic E-state index is 12.4. The molecular weight excluding hydrogens is 279 g/mol. The van der Waals surface area contributed by atoms with Gasteiger partial charge in [0.2, 0.25) is 0 Å². The van der Waals surface area contributed by atoms with Gasteiger partial charge in [0.05, 0.1) is 0 Å². The number of rotatable bonds is 6. The number of alkyl halides is 4. The third kappa shape index (κ3) is 11.7. The van der Waals surface area contributed by atoms with Crippen LogP contribution in [0.4, 0.5) is 17.6 Å². The van der Waals surface area contributed by atoms with Crippen molar-refractivity contribution in [3.63, 3.8) is 0 Å². The van der Waals surface area contributed by atoms with Crippen LogP contribution in [0.3, 0.4) is 0 Å². The first-order valence-electron chi connectivity index (χ1n) is 4.28. The molecule has 0 aromatic heterocycles. The van der Waals surface area contributed by atoms with Crippen molar-refractivity contribution in [1.29, 1.82) is 0 Å². The molecule has 0 aromatic carbocycles. The molecule has 0 aromatic rings. The Bertz CT molecular complexity index is 278. The second-order valence-corrected chi connectivity index (χ2v) is 4.61. The fourth-order valence-corrected chi connectivity index (χ4v) is 1.41. The predicted molar refractivity (Wildman–Crippen MR) is 43.7 cm³/mol. The Morgan fingerprint density at radius 2 is 1.62 bits per heavy atom. The van der Waals surface area contributed by atoms with Crippen molar-refractivity contribution in [3.05, 3.63) is 0 Å². The normalized spacial score (nSPS) is 14.3. The van der Waals surface area contributed by atoms with Gasteiger partial charge >= 0.3 is 57.6 Å². The standard InChI is InChI=1S/C7H12F4O3S.K/c8-6(15(12,13)14)4-2-1-3-5-7(9,10)11;/h6H,1-5H2,(H,12,13,14);/q;+1/p-1.